The largest absolute Gasteiger partial charge is 0.371 e. The summed E-state index contributed by atoms with van der Waals surface area (Å²) in [6, 6.07) is 7.91. The molecule has 2 N–H and O–H groups in total. The number of nitriles is 1. The summed E-state index contributed by atoms with van der Waals surface area (Å²) in [5.74, 6) is 0.159. The molecule has 9 nitrogen and oxygen atoms in total. The van der Waals surface area contributed by atoms with E-state index < -0.39 is 0 Å². The van der Waals surface area contributed by atoms with Crippen LogP contribution in [0.5, 0.6) is 0 Å². The van der Waals surface area contributed by atoms with Gasteiger partial charge in [0, 0.05) is 32.2 Å². The van der Waals surface area contributed by atoms with Crippen LogP contribution in [0.1, 0.15) is 51.8 Å². The van der Waals surface area contributed by atoms with E-state index in [1.54, 1.807) is 11.6 Å². The lowest BCUT2D eigenvalue weighted by Gasteiger charge is -2.24. The molecule has 0 saturated carbocycles. The summed E-state index contributed by atoms with van der Waals surface area (Å²) in [6.45, 7) is 14.4. The maximum Gasteiger partial charge on any atom is 0.221 e. The van der Waals surface area contributed by atoms with Gasteiger partial charge in [-0.3, -0.25) is 9.88 Å². The third kappa shape index (κ3) is 6.95. The normalized spacial score (nSPS) is 10.9. The van der Waals surface area contributed by atoms with Gasteiger partial charge in [0.05, 0.1) is 12.2 Å². The van der Waals surface area contributed by atoms with Crippen molar-refractivity contribution in [3.8, 4) is 6.07 Å². The average Bonchev–Trinajstić information content (AvgIpc) is 3.14. The molecule has 2 aromatic rings. The predicted molar refractivity (Wildman–Crippen MR) is 137 cm³/mol. The number of anilines is 2. The molecule has 1 heterocycles. The summed E-state index contributed by atoms with van der Waals surface area (Å²) in [4.78, 5) is 14.1. The van der Waals surface area contributed by atoms with Crippen molar-refractivity contribution in [2.24, 2.45) is 10.2 Å². The molecule has 1 atom stereocenters. The topological polar surface area (TPSA) is 111 Å². The Hall–Kier alpha value is -3.08. The molecule has 0 aliphatic heterocycles. The monoisotopic (exact) mass is 468 g/mol. The highest BCUT2D eigenvalue weighted by Crippen LogP contribution is 2.33. The van der Waals surface area contributed by atoms with Crippen LogP contribution in [-0.4, -0.2) is 35.3 Å². The minimum atomic E-state index is -0.194. The molecule has 0 radical (unpaired) electrons. The van der Waals surface area contributed by atoms with E-state index in [-0.39, 0.29) is 5.91 Å². The first kappa shape index (κ1) is 26.2. The number of azo groups is 1. The van der Waals surface area contributed by atoms with Gasteiger partial charge in [-0.1, -0.05) is 29.8 Å². The fraction of sp³-hybridized carbons (Fsp3) is 0.435. The van der Waals surface area contributed by atoms with E-state index >= 15 is 0 Å². The van der Waals surface area contributed by atoms with Gasteiger partial charge >= 0.3 is 0 Å². The van der Waals surface area contributed by atoms with Crippen molar-refractivity contribution in [1.29, 1.82) is 5.26 Å². The Balaban J connectivity index is 2.52. The van der Waals surface area contributed by atoms with E-state index in [9.17, 15) is 10.1 Å². The molecule has 0 saturated heterocycles. The summed E-state index contributed by atoms with van der Waals surface area (Å²) in [5, 5.41) is 28.8. The van der Waals surface area contributed by atoms with Crippen LogP contribution < -0.4 is 15.3 Å². The lowest BCUT2D eigenvalue weighted by Crippen LogP contribution is -2.24. The van der Waals surface area contributed by atoms with Gasteiger partial charge in [0.15, 0.2) is 5.82 Å². The molecular weight excluding hydrogens is 435 g/mol. The molecule has 1 amide bonds. The molecule has 1 unspecified atom stereocenters. The van der Waals surface area contributed by atoms with Crippen molar-refractivity contribution in [2.45, 2.75) is 47.1 Å². The van der Waals surface area contributed by atoms with Gasteiger partial charge in [-0.2, -0.15) is 10.4 Å². The fourth-order valence-corrected chi connectivity index (χ4v) is 3.52. The Morgan fingerprint density at radius 3 is 2.52 bits per heavy atom. The fourth-order valence-electron chi connectivity index (χ4n) is 3.39. The maximum atomic E-state index is 11.9. The van der Waals surface area contributed by atoms with Gasteiger partial charge in [-0.25, -0.2) is 4.68 Å². The quantitative estimate of drug-likeness (QED) is 0.330. The second-order valence-electron chi connectivity index (χ2n) is 7.69. The van der Waals surface area contributed by atoms with Crippen LogP contribution >= 0.6 is 9.39 Å². The van der Waals surface area contributed by atoms with Gasteiger partial charge in [0.1, 0.15) is 23.0 Å². The van der Waals surface area contributed by atoms with Gasteiger partial charge in [0.25, 0.3) is 0 Å². The van der Waals surface area contributed by atoms with Crippen LogP contribution in [0.4, 0.5) is 22.9 Å². The Morgan fingerprint density at radius 2 is 1.97 bits per heavy atom. The highest BCUT2D eigenvalue weighted by Gasteiger charge is 2.18. The zero-order valence-electron chi connectivity index (χ0n) is 19.9. The second-order valence-corrected chi connectivity index (χ2v) is 8.09. The number of rotatable bonds is 12. The van der Waals surface area contributed by atoms with E-state index in [0.29, 0.717) is 47.1 Å². The molecule has 0 fully saturated rings. The number of amides is 1. The molecule has 0 aliphatic carbocycles. The van der Waals surface area contributed by atoms with Gasteiger partial charge in [0.2, 0.25) is 5.91 Å². The molecule has 176 valence electrons. The molecule has 0 aliphatic rings. The highest BCUT2D eigenvalue weighted by atomic mass is 31.0. The van der Waals surface area contributed by atoms with E-state index in [1.165, 1.54) is 6.92 Å². The summed E-state index contributed by atoms with van der Waals surface area (Å²) < 4.78 is 1.64. The van der Waals surface area contributed by atoms with Gasteiger partial charge in [-0.15, -0.1) is 10.2 Å². The first-order valence-corrected chi connectivity index (χ1v) is 11.6. The first-order valence-electron chi connectivity index (χ1n) is 11.0. The summed E-state index contributed by atoms with van der Waals surface area (Å²) in [5.41, 5.74) is 3.58. The lowest BCUT2D eigenvalue weighted by molar-refractivity contribution is -0.114. The van der Waals surface area contributed by atoms with E-state index in [0.717, 1.165) is 31.6 Å². The van der Waals surface area contributed by atoms with Crippen LogP contribution in [0.25, 0.3) is 5.57 Å². The molecule has 1 aromatic heterocycles. The van der Waals surface area contributed by atoms with Crippen molar-refractivity contribution in [1.82, 2.24) is 14.9 Å². The number of aromatic nitrogens is 2. The Morgan fingerprint density at radius 1 is 1.27 bits per heavy atom. The van der Waals surface area contributed by atoms with Crippen LogP contribution in [0, 0.1) is 11.3 Å². The van der Waals surface area contributed by atoms with Crippen LogP contribution in [0.2, 0.25) is 0 Å². The number of hydrogen-bond acceptors (Lipinski definition) is 7. The number of allylic oxidation sites excluding steroid dienone is 1. The summed E-state index contributed by atoms with van der Waals surface area (Å²) >= 11 is 0. The molecule has 33 heavy (non-hydrogen) atoms. The highest BCUT2D eigenvalue weighted by molar-refractivity contribution is 7.13. The second kappa shape index (κ2) is 12.8. The molecule has 0 bridgehead atoms. The number of nitrogens with zero attached hydrogens (tertiary/aromatic N) is 6. The first-order chi connectivity index (χ1) is 15.9. The van der Waals surface area contributed by atoms with Crippen molar-refractivity contribution >= 4 is 43.8 Å². The van der Waals surface area contributed by atoms with Crippen LogP contribution in [0.3, 0.4) is 0 Å². The Bertz CT molecular complexity index is 1050. The average molecular weight is 469 g/mol. The summed E-state index contributed by atoms with van der Waals surface area (Å²) in [6.07, 6.45) is 2.04. The van der Waals surface area contributed by atoms with Crippen molar-refractivity contribution in [3.63, 3.8) is 0 Å². The van der Waals surface area contributed by atoms with Gasteiger partial charge < -0.3 is 10.2 Å². The maximum absolute atomic E-state index is 11.9. The van der Waals surface area contributed by atoms with E-state index in [4.69, 9.17) is 0 Å². The Labute approximate surface area is 198 Å². The van der Waals surface area contributed by atoms with Crippen molar-refractivity contribution < 1.29 is 4.79 Å². The van der Waals surface area contributed by atoms with Gasteiger partial charge in [-0.05, 0) is 43.5 Å². The van der Waals surface area contributed by atoms with E-state index in [1.807, 2.05) is 18.2 Å². The summed E-state index contributed by atoms with van der Waals surface area (Å²) in [7, 11) is 2.44. The number of carbonyl (C=O) groups is 1. The number of hydrogen-bond donors (Lipinski definition) is 2. The molecular formula is C23H33N8OP. The van der Waals surface area contributed by atoms with Crippen molar-refractivity contribution in [2.75, 3.05) is 29.9 Å². The smallest absolute Gasteiger partial charge is 0.221 e. The minimum absolute atomic E-state index is 0.194. The van der Waals surface area contributed by atoms with E-state index in [2.05, 4.69) is 66.5 Å². The van der Waals surface area contributed by atoms with Crippen LogP contribution in [0.15, 0.2) is 35.0 Å². The number of carbonyl (C=O) groups excluding carboxylic acids is 1. The molecule has 10 heteroatoms. The standard InChI is InChI=1S/C23H33N8OP/c1-6-11-30(12-7-2)18-8-9-20(21(14-18)26-17(5)32)27-28-23-19(15-24)22(16(3)4)29-31(23)13-10-25-33/h8-9,14,25H,3,6-7,10-13,33H2,1-2,4-5H3,(H,26,32). The van der Waals surface area contributed by atoms with Crippen LogP contribution in [-0.2, 0) is 11.3 Å². The zero-order valence-corrected chi connectivity index (χ0v) is 21.0. The Kier molecular flexibility index (Phi) is 10.2. The lowest BCUT2D eigenvalue weighted by atomic mass is 10.1. The third-order valence-electron chi connectivity index (χ3n) is 4.81. The SMILES string of the molecule is C=C(C)c1nn(CCNP)c(N=Nc2ccc(N(CCC)CCC)cc2NC(C)=O)c1C#N. The number of nitrogens with one attached hydrogen (secondary N) is 2. The number of benzene rings is 1. The molecule has 1 aromatic carbocycles. The molecule has 2 rings (SSSR count). The third-order valence-corrected chi connectivity index (χ3v) is 5.09. The predicted octanol–water partition coefficient (Wildman–Crippen LogP) is 5.17. The molecule has 0 spiro atoms. The van der Waals surface area contributed by atoms with Crippen molar-refractivity contribution in [3.05, 3.63) is 36.0 Å². The zero-order chi connectivity index (χ0) is 24.4. The minimum Gasteiger partial charge on any atom is -0.371 e.